The molecular formula is C19H29ClN2O5S. The predicted octanol–water partition coefficient (Wildman–Crippen LogP) is 1.89. The minimum absolute atomic E-state index is 0. The van der Waals surface area contributed by atoms with Gasteiger partial charge in [0, 0.05) is 25.6 Å². The summed E-state index contributed by atoms with van der Waals surface area (Å²) >= 11 is 0. The van der Waals surface area contributed by atoms with Gasteiger partial charge >= 0.3 is 0 Å². The third kappa shape index (κ3) is 5.75. The number of carbonyl (C=O) groups excluding carboxylic acids is 1. The summed E-state index contributed by atoms with van der Waals surface area (Å²) in [5, 5.41) is 3.16. The van der Waals surface area contributed by atoms with Gasteiger partial charge in [-0.1, -0.05) is 0 Å². The molecule has 2 aliphatic heterocycles. The first-order valence-electron chi connectivity index (χ1n) is 9.54. The Kier molecular flexibility index (Phi) is 8.39. The topological polar surface area (TPSA) is 84.9 Å². The summed E-state index contributed by atoms with van der Waals surface area (Å²) in [4.78, 5) is 14.4. The SMILES string of the molecule is CNCCC1CCN(C(=O)CCS(=O)(=O)c2ccc3c(c2)OCCO3)CC1.Cl. The zero-order chi connectivity index (χ0) is 19.3. The number of amides is 1. The number of nitrogens with zero attached hydrogens (tertiary/aromatic N) is 1. The Bertz CT molecular complexity index is 764. The van der Waals surface area contributed by atoms with Gasteiger partial charge in [-0.15, -0.1) is 12.4 Å². The van der Waals surface area contributed by atoms with Gasteiger partial charge in [0.25, 0.3) is 0 Å². The summed E-state index contributed by atoms with van der Waals surface area (Å²) in [6.45, 7) is 3.29. The lowest BCUT2D eigenvalue weighted by atomic mass is 9.93. The molecule has 9 heteroatoms. The van der Waals surface area contributed by atoms with E-state index in [2.05, 4.69) is 5.32 Å². The van der Waals surface area contributed by atoms with Crippen LogP contribution in [-0.2, 0) is 14.6 Å². The molecule has 0 spiro atoms. The third-order valence-corrected chi connectivity index (χ3v) is 6.94. The van der Waals surface area contributed by atoms with Gasteiger partial charge in [0.15, 0.2) is 21.3 Å². The summed E-state index contributed by atoms with van der Waals surface area (Å²) in [6, 6.07) is 4.61. The maximum Gasteiger partial charge on any atom is 0.223 e. The fraction of sp³-hybridized carbons (Fsp3) is 0.632. The standard InChI is InChI=1S/C19H28N2O5S.ClH/c1-20-8-4-15-5-9-21(10-6-15)19(22)7-13-27(23,24)16-2-3-17-18(14-16)26-12-11-25-17;/h2-3,14-15,20H,4-13H2,1H3;1H. The number of carbonyl (C=O) groups is 1. The van der Waals surface area contributed by atoms with E-state index < -0.39 is 9.84 Å². The molecule has 0 aliphatic carbocycles. The van der Waals surface area contributed by atoms with Crippen LogP contribution in [0.5, 0.6) is 11.5 Å². The minimum atomic E-state index is -3.54. The largest absolute Gasteiger partial charge is 0.486 e. The van der Waals surface area contributed by atoms with Crippen molar-refractivity contribution >= 4 is 28.2 Å². The van der Waals surface area contributed by atoms with E-state index >= 15 is 0 Å². The Labute approximate surface area is 173 Å². The molecule has 0 unspecified atom stereocenters. The van der Waals surface area contributed by atoms with Crippen LogP contribution in [0.1, 0.15) is 25.7 Å². The Morgan fingerprint density at radius 2 is 1.86 bits per heavy atom. The van der Waals surface area contributed by atoms with E-state index in [9.17, 15) is 13.2 Å². The minimum Gasteiger partial charge on any atom is -0.486 e. The number of nitrogens with one attached hydrogen (secondary N) is 1. The second-order valence-corrected chi connectivity index (χ2v) is 9.20. The fourth-order valence-electron chi connectivity index (χ4n) is 3.53. The van der Waals surface area contributed by atoms with E-state index in [-0.39, 0.29) is 35.4 Å². The van der Waals surface area contributed by atoms with Crippen molar-refractivity contribution in [2.45, 2.75) is 30.6 Å². The quantitative estimate of drug-likeness (QED) is 0.708. The lowest BCUT2D eigenvalue weighted by Gasteiger charge is -2.32. The van der Waals surface area contributed by atoms with Crippen molar-refractivity contribution in [3.8, 4) is 11.5 Å². The lowest BCUT2D eigenvalue weighted by Crippen LogP contribution is -2.39. The maximum atomic E-state index is 12.6. The molecule has 1 amide bonds. The monoisotopic (exact) mass is 432 g/mol. The molecule has 1 aromatic rings. The number of likely N-dealkylation sites (tertiary alicyclic amines) is 1. The van der Waals surface area contributed by atoms with Crippen LogP contribution in [0, 0.1) is 5.92 Å². The number of ether oxygens (including phenoxy) is 2. The molecule has 28 heavy (non-hydrogen) atoms. The first kappa shape index (κ1) is 22.8. The average molecular weight is 433 g/mol. The third-order valence-electron chi connectivity index (χ3n) is 5.23. The number of hydrogen-bond acceptors (Lipinski definition) is 6. The highest BCUT2D eigenvalue weighted by atomic mass is 35.5. The summed E-state index contributed by atoms with van der Waals surface area (Å²) in [5.41, 5.74) is 0. The highest BCUT2D eigenvalue weighted by Crippen LogP contribution is 2.32. The summed E-state index contributed by atoms with van der Waals surface area (Å²) in [7, 11) is -1.60. The molecule has 0 saturated carbocycles. The number of benzene rings is 1. The molecule has 0 bridgehead atoms. The molecule has 0 atom stereocenters. The zero-order valence-electron chi connectivity index (χ0n) is 16.2. The number of rotatable bonds is 7. The Hall–Kier alpha value is -1.51. The summed E-state index contributed by atoms with van der Waals surface area (Å²) in [5.74, 6) is 1.37. The second kappa shape index (κ2) is 10.3. The Morgan fingerprint density at radius 3 is 2.54 bits per heavy atom. The van der Waals surface area contributed by atoms with Crippen molar-refractivity contribution in [1.29, 1.82) is 0 Å². The highest BCUT2D eigenvalue weighted by Gasteiger charge is 2.25. The molecule has 1 fully saturated rings. The number of piperidine rings is 1. The van der Waals surface area contributed by atoms with Crippen molar-refractivity contribution in [3.05, 3.63) is 18.2 Å². The first-order valence-corrected chi connectivity index (χ1v) is 11.2. The van der Waals surface area contributed by atoms with E-state index in [1.165, 1.54) is 12.1 Å². The second-order valence-electron chi connectivity index (χ2n) is 7.09. The van der Waals surface area contributed by atoms with Gasteiger partial charge in [0.2, 0.25) is 5.91 Å². The molecule has 1 aromatic carbocycles. The van der Waals surface area contributed by atoms with Crippen LogP contribution < -0.4 is 14.8 Å². The van der Waals surface area contributed by atoms with Crippen molar-refractivity contribution in [3.63, 3.8) is 0 Å². The number of hydrogen-bond donors (Lipinski definition) is 1. The molecule has 3 rings (SSSR count). The van der Waals surface area contributed by atoms with Crippen LogP contribution in [0.25, 0.3) is 0 Å². The Morgan fingerprint density at radius 1 is 1.18 bits per heavy atom. The molecule has 0 aromatic heterocycles. The molecular weight excluding hydrogens is 404 g/mol. The van der Waals surface area contributed by atoms with Crippen LogP contribution >= 0.6 is 12.4 Å². The summed E-state index contributed by atoms with van der Waals surface area (Å²) in [6.07, 6.45) is 3.11. The van der Waals surface area contributed by atoms with Crippen molar-refractivity contribution in [2.75, 3.05) is 45.6 Å². The number of halogens is 1. The number of sulfone groups is 1. The van der Waals surface area contributed by atoms with Gasteiger partial charge in [0.1, 0.15) is 13.2 Å². The van der Waals surface area contributed by atoms with Gasteiger partial charge in [0.05, 0.1) is 10.6 Å². The van der Waals surface area contributed by atoms with Gasteiger partial charge in [-0.25, -0.2) is 8.42 Å². The van der Waals surface area contributed by atoms with Crippen molar-refractivity contribution in [1.82, 2.24) is 10.2 Å². The molecule has 1 saturated heterocycles. The zero-order valence-corrected chi connectivity index (χ0v) is 17.8. The molecule has 0 radical (unpaired) electrons. The molecule has 1 N–H and O–H groups in total. The fourth-order valence-corrected chi connectivity index (χ4v) is 4.78. The Balaban J connectivity index is 0.00000280. The summed E-state index contributed by atoms with van der Waals surface area (Å²) < 4.78 is 36.1. The normalized spacial score (nSPS) is 17.1. The van der Waals surface area contributed by atoms with Gasteiger partial charge in [-0.3, -0.25) is 4.79 Å². The predicted molar refractivity (Wildman–Crippen MR) is 109 cm³/mol. The first-order chi connectivity index (χ1) is 13.0. The van der Waals surface area contributed by atoms with Crippen molar-refractivity contribution in [2.24, 2.45) is 5.92 Å². The maximum absolute atomic E-state index is 12.6. The average Bonchev–Trinajstić information content (AvgIpc) is 2.70. The van der Waals surface area contributed by atoms with Crippen LogP contribution in [0.3, 0.4) is 0 Å². The highest BCUT2D eigenvalue weighted by molar-refractivity contribution is 7.91. The van der Waals surface area contributed by atoms with E-state index in [0.717, 1.165) is 38.9 Å². The van der Waals surface area contributed by atoms with Gasteiger partial charge in [-0.2, -0.15) is 0 Å². The van der Waals surface area contributed by atoms with Crippen molar-refractivity contribution < 1.29 is 22.7 Å². The number of fused-ring (bicyclic) bond motifs is 1. The molecule has 7 nitrogen and oxygen atoms in total. The lowest BCUT2D eigenvalue weighted by molar-refractivity contribution is -0.132. The smallest absolute Gasteiger partial charge is 0.223 e. The van der Waals surface area contributed by atoms with Crippen LogP contribution in [0.15, 0.2) is 23.1 Å². The van der Waals surface area contributed by atoms with Crippen LogP contribution in [0.2, 0.25) is 0 Å². The molecule has 2 heterocycles. The van der Waals surface area contributed by atoms with Gasteiger partial charge in [-0.05, 0) is 50.9 Å². The van der Waals surface area contributed by atoms with E-state index in [1.807, 2.05) is 7.05 Å². The molecule has 2 aliphatic rings. The molecule has 158 valence electrons. The van der Waals surface area contributed by atoms with E-state index in [1.54, 1.807) is 11.0 Å². The van der Waals surface area contributed by atoms with E-state index in [0.29, 0.717) is 30.6 Å². The van der Waals surface area contributed by atoms with Crippen LogP contribution in [-0.4, -0.2) is 64.9 Å². The van der Waals surface area contributed by atoms with Crippen LogP contribution in [0.4, 0.5) is 0 Å². The van der Waals surface area contributed by atoms with E-state index in [4.69, 9.17) is 9.47 Å². The van der Waals surface area contributed by atoms with Gasteiger partial charge < -0.3 is 19.7 Å².